The Morgan fingerprint density at radius 3 is 2.57 bits per heavy atom. The molecule has 2 fully saturated rings. The Hall–Kier alpha value is -1.35. The van der Waals surface area contributed by atoms with Crippen molar-refractivity contribution in [1.29, 1.82) is 0 Å². The van der Waals surface area contributed by atoms with Crippen LogP contribution in [-0.2, 0) is 17.8 Å². The molecule has 3 aliphatic rings. The second-order valence-electron chi connectivity index (χ2n) is 9.79. The number of phenolic OH excluding ortho intramolecular Hbond substituents is 1. The summed E-state index contributed by atoms with van der Waals surface area (Å²) in [6.07, 6.45) is 8.59. The number of carbonyl (C=O) groups excluding carboxylic acids is 1. The van der Waals surface area contributed by atoms with E-state index in [1.54, 1.807) is 0 Å². The molecule has 4 unspecified atom stereocenters. The molecule has 0 spiro atoms. The summed E-state index contributed by atoms with van der Waals surface area (Å²) in [5.41, 5.74) is 3.88. The number of nitrogens with zero attached hydrogens (tertiary/aromatic N) is 1. The van der Waals surface area contributed by atoms with Gasteiger partial charge in [-0.3, -0.25) is 9.69 Å². The molecular weight excluding hydrogens is 346 g/mol. The third-order valence-electron chi connectivity index (χ3n) is 8.11. The standard InChI is InChI=1S/C25H37NO2/c1-4-12-26(13-5-2)16-18-14-21-17(15-23(18)27)6-7-20-19(21)10-11-25(3)22(20)8-9-24(25)28/h14-15,19-20,22,27H,4-13,16H2,1-3H3. The van der Waals surface area contributed by atoms with Crippen LogP contribution in [0.1, 0.15) is 88.3 Å². The van der Waals surface area contributed by atoms with Gasteiger partial charge in [0, 0.05) is 23.9 Å². The van der Waals surface area contributed by atoms with Crippen molar-refractivity contribution in [3.05, 3.63) is 28.8 Å². The molecule has 3 heteroatoms. The first-order valence-corrected chi connectivity index (χ1v) is 11.6. The number of hydrogen-bond donors (Lipinski definition) is 1. The van der Waals surface area contributed by atoms with Gasteiger partial charge in [-0.1, -0.05) is 26.8 Å². The fourth-order valence-electron chi connectivity index (χ4n) is 6.70. The molecule has 3 aliphatic carbocycles. The van der Waals surface area contributed by atoms with Crippen LogP contribution in [0.15, 0.2) is 12.1 Å². The summed E-state index contributed by atoms with van der Waals surface area (Å²) in [4.78, 5) is 15.0. The van der Waals surface area contributed by atoms with Crippen LogP contribution in [0.4, 0.5) is 0 Å². The van der Waals surface area contributed by atoms with E-state index in [4.69, 9.17) is 0 Å². The molecule has 0 aliphatic heterocycles. The summed E-state index contributed by atoms with van der Waals surface area (Å²) in [7, 11) is 0. The van der Waals surface area contributed by atoms with Crippen molar-refractivity contribution in [1.82, 2.24) is 4.90 Å². The molecule has 28 heavy (non-hydrogen) atoms. The van der Waals surface area contributed by atoms with Crippen molar-refractivity contribution in [2.24, 2.45) is 17.3 Å². The lowest BCUT2D eigenvalue weighted by Gasteiger charge is -2.48. The number of aromatic hydroxyl groups is 1. The Bertz CT molecular complexity index is 736. The van der Waals surface area contributed by atoms with E-state index in [2.05, 4.69) is 37.8 Å². The molecule has 154 valence electrons. The third-order valence-corrected chi connectivity index (χ3v) is 8.11. The minimum Gasteiger partial charge on any atom is -0.508 e. The highest BCUT2D eigenvalue weighted by Crippen LogP contribution is 2.59. The second-order valence-corrected chi connectivity index (χ2v) is 9.79. The Balaban J connectivity index is 1.62. The lowest BCUT2D eigenvalue weighted by molar-refractivity contribution is -0.129. The van der Waals surface area contributed by atoms with Gasteiger partial charge < -0.3 is 5.11 Å². The zero-order chi connectivity index (χ0) is 19.9. The Morgan fingerprint density at radius 1 is 1.11 bits per heavy atom. The largest absolute Gasteiger partial charge is 0.508 e. The maximum atomic E-state index is 12.6. The van der Waals surface area contributed by atoms with Crippen molar-refractivity contribution in [3.8, 4) is 5.75 Å². The number of fused-ring (bicyclic) bond motifs is 5. The van der Waals surface area contributed by atoms with Crippen LogP contribution in [0.25, 0.3) is 0 Å². The molecule has 4 rings (SSSR count). The van der Waals surface area contributed by atoms with E-state index in [9.17, 15) is 9.90 Å². The monoisotopic (exact) mass is 383 g/mol. The maximum absolute atomic E-state index is 12.6. The van der Waals surface area contributed by atoms with Crippen LogP contribution in [0, 0.1) is 17.3 Å². The van der Waals surface area contributed by atoms with E-state index in [0.717, 1.165) is 70.1 Å². The van der Waals surface area contributed by atoms with Gasteiger partial charge in [0.15, 0.2) is 0 Å². The molecule has 4 atom stereocenters. The van der Waals surface area contributed by atoms with Gasteiger partial charge >= 0.3 is 0 Å². The van der Waals surface area contributed by atoms with Gasteiger partial charge in [-0.25, -0.2) is 0 Å². The van der Waals surface area contributed by atoms with Crippen LogP contribution < -0.4 is 0 Å². The van der Waals surface area contributed by atoms with E-state index < -0.39 is 0 Å². The number of hydrogen-bond acceptors (Lipinski definition) is 3. The first kappa shape index (κ1) is 19.9. The first-order chi connectivity index (χ1) is 13.5. The molecule has 2 saturated carbocycles. The minimum absolute atomic E-state index is 0.0581. The van der Waals surface area contributed by atoms with E-state index in [-0.39, 0.29) is 5.41 Å². The molecule has 0 amide bonds. The lowest BCUT2D eigenvalue weighted by atomic mass is 9.55. The smallest absolute Gasteiger partial charge is 0.139 e. The fourth-order valence-corrected chi connectivity index (χ4v) is 6.70. The predicted octanol–water partition coefficient (Wildman–Crippen LogP) is 5.44. The van der Waals surface area contributed by atoms with E-state index >= 15 is 0 Å². The van der Waals surface area contributed by atoms with Crippen molar-refractivity contribution in [2.75, 3.05) is 13.1 Å². The molecule has 1 aromatic carbocycles. The summed E-state index contributed by atoms with van der Waals surface area (Å²) < 4.78 is 0. The predicted molar refractivity (Wildman–Crippen MR) is 114 cm³/mol. The van der Waals surface area contributed by atoms with Crippen LogP contribution in [-0.4, -0.2) is 28.9 Å². The Labute approximate surface area is 170 Å². The Kier molecular flexibility index (Phi) is 5.57. The van der Waals surface area contributed by atoms with Gasteiger partial charge in [0.25, 0.3) is 0 Å². The number of carbonyl (C=O) groups is 1. The SMILES string of the molecule is CCCN(CCC)Cc1cc2c(cc1O)CCC1C2CCC2(C)C(=O)CCC12. The topological polar surface area (TPSA) is 40.5 Å². The Morgan fingerprint density at radius 2 is 1.86 bits per heavy atom. The van der Waals surface area contributed by atoms with Crippen molar-refractivity contribution in [3.63, 3.8) is 0 Å². The van der Waals surface area contributed by atoms with E-state index in [1.165, 1.54) is 17.5 Å². The average molecular weight is 384 g/mol. The number of rotatable bonds is 6. The molecule has 0 aromatic heterocycles. The zero-order valence-corrected chi connectivity index (χ0v) is 18.0. The average Bonchev–Trinajstić information content (AvgIpc) is 2.98. The minimum atomic E-state index is -0.0581. The summed E-state index contributed by atoms with van der Waals surface area (Å²) in [5.74, 6) is 2.80. The normalized spacial score (nSPS) is 31.6. The van der Waals surface area contributed by atoms with Crippen molar-refractivity contribution in [2.45, 2.75) is 84.6 Å². The second kappa shape index (κ2) is 7.82. The van der Waals surface area contributed by atoms with Gasteiger partial charge in [-0.2, -0.15) is 0 Å². The molecule has 0 radical (unpaired) electrons. The molecule has 0 saturated heterocycles. The number of Topliss-reactive ketones (excluding diaryl/α,β-unsaturated/α-hetero) is 1. The molecule has 1 aromatic rings. The van der Waals surface area contributed by atoms with E-state index in [0.29, 0.717) is 29.3 Å². The van der Waals surface area contributed by atoms with Gasteiger partial charge in [-0.15, -0.1) is 0 Å². The molecule has 0 heterocycles. The van der Waals surface area contributed by atoms with E-state index in [1.807, 2.05) is 0 Å². The van der Waals surface area contributed by atoms with Gasteiger partial charge in [0.1, 0.15) is 11.5 Å². The van der Waals surface area contributed by atoms with Crippen LogP contribution in [0.2, 0.25) is 0 Å². The number of aryl methyl sites for hydroxylation is 1. The van der Waals surface area contributed by atoms with Crippen molar-refractivity contribution >= 4 is 5.78 Å². The molecule has 3 nitrogen and oxygen atoms in total. The number of benzene rings is 1. The quantitative estimate of drug-likeness (QED) is 0.711. The third kappa shape index (κ3) is 3.30. The van der Waals surface area contributed by atoms with Gasteiger partial charge in [-0.05, 0) is 93.0 Å². The zero-order valence-electron chi connectivity index (χ0n) is 18.0. The van der Waals surface area contributed by atoms with Crippen LogP contribution >= 0.6 is 0 Å². The summed E-state index contributed by atoms with van der Waals surface area (Å²) in [6.45, 7) is 9.70. The van der Waals surface area contributed by atoms with Crippen LogP contribution in [0.3, 0.4) is 0 Å². The number of phenols is 1. The first-order valence-electron chi connectivity index (χ1n) is 11.6. The highest BCUT2D eigenvalue weighted by atomic mass is 16.3. The summed E-state index contributed by atoms with van der Waals surface area (Å²) in [5, 5.41) is 10.7. The molecule has 0 bridgehead atoms. The van der Waals surface area contributed by atoms with Crippen LogP contribution in [0.5, 0.6) is 5.75 Å². The number of ketones is 1. The van der Waals surface area contributed by atoms with Crippen molar-refractivity contribution < 1.29 is 9.90 Å². The summed E-state index contributed by atoms with van der Waals surface area (Å²) >= 11 is 0. The fraction of sp³-hybridized carbons (Fsp3) is 0.720. The molecule has 1 N–H and O–H groups in total. The highest BCUT2D eigenvalue weighted by molar-refractivity contribution is 5.87. The maximum Gasteiger partial charge on any atom is 0.139 e. The lowest BCUT2D eigenvalue weighted by Crippen LogP contribution is -2.42. The van der Waals surface area contributed by atoms with Gasteiger partial charge in [0.05, 0.1) is 0 Å². The highest BCUT2D eigenvalue weighted by Gasteiger charge is 2.54. The van der Waals surface area contributed by atoms with Gasteiger partial charge in [0.2, 0.25) is 0 Å². The molecular formula is C25H37NO2. The summed E-state index contributed by atoms with van der Waals surface area (Å²) in [6, 6.07) is 4.39.